The van der Waals surface area contributed by atoms with Gasteiger partial charge in [-0.3, -0.25) is 0 Å². The van der Waals surface area contributed by atoms with Crippen LogP contribution in [0.2, 0.25) is 0 Å². The number of hydrogen-bond acceptors (Lipinski definition) is 6. The molecule has 1 heterocycles. The van der Waals surface area contributed by atoms with Crippen molar-refractivity contribution in [3.05, 3.63) is 65.5 Å². The first-order valence-corrected chi connectivity index (χ1v) is 7.36. The van der Waals surface area contributed by atoms with Crippen LogP contribution in [0.4, 0.5) is 0 Å². The Kier molecular flexibility index (Phi) is 4.56. The summed E-state index contributed by atoms with van der Waals surface area (Å²) < 4.78 is 15.4. The van der Waals surface area contributed by atoms with E-state index in [1.54, 1.807) is 24.3 Å². The molecule has 0 spiro atoms. The van der Waals surface area contributed by atoms with Crippen molar-refractivity contribution < 1.29 is 18.8 Å². The lowest BCUT2D eigenvalue weighted by Crippen LogP contribution is -2.05. The monoisotopic (exact) mass is 324 g/mol. The first kappa shape index (κ1) is 15.7. The zero-order chi connectivity index (χ0) is 16.9. The minimum Gasteiger partial charge on any atom is -0.497 e. The van der Waals surface area contributed by atoms with E-state index in [9.17, 15) is 4.79 Å². The predicted molar refractivity (Wildman–Crippen MR) is 86.6 cm³/mol. The van der Waals surface area contributed by atoms with Crippen LogP contribution in [0.25, 0.3) is 11.4 Å². The van der Waals surface area contributed by atoms with E-state index < -0.39 is 5.97 Å². The number of benzene rings is 2. The third-order valence-electron chi connectivity index (χ3n) is 3.41. The standard InChI is InChI=1S/C18H16N2O4/c1-12-6-8-13(9-7-12)17-19-16(24-20-17)11-23-18(21)14-4-3-5-15(10-14)22-2/h3-10H,11H2,1-2H3. The van der Waals surface area contributed by atoms with Crippen LogP contribution >= 0.6 is 0 Å². The molecule has 3 aromatic rings. The Labute approximate surface area is 139 Å². The van der Waals surface area contributed by atoms with Gasteiger partial charge in [-0.15, -0.1) is 0 Å². The van der Waals surface area contributed by atoms with Crippen molar-refractivity contribution in [1.29, 1.82) is 0 Å². The fourth-order valence-corrected chi connectivity index (χ4v) is 2.09. The number of nitrogens with zero attached hydrogens (tertiary/aromatic N) is 2. The topological polar surface area (TPSA) is 74.5 Å². The van der Waals surface area contributed by atoms with Crippen molar-refractivity contribution in [1.82, 2.24) is 10.1 Å². The molecule has 0 aliphatic heterocycles. The molecule has 0 unspecified atom stereocenters. The Hall–Kier alpha value is -3.15. The molecular formula is C18H16N2O4. The third-order valence-corrected chi connectivity index (χ3v) is 3.41. The number of esters is 1. The van der Waals surface area contributed by atoms with Gasteiger partial charge in [-0.2, -0.15) is 4.98 Å². The average molecular weight is 324 g/mol. The van der Waals surface area contributed by atoms with Gasteiger partial charge in [-0.05, 0) is 25.1 Å². The second kappa shape index (κ2) is 6.95. The normalized spacial score (nSPS) is 10.4. The fraction of sp³-hybridized carbons (Fsp3) is 0.167. The summed E-state index contributed by atoms with van der Waals surface area (Å²) in [5.41, 5.74) is 2.39. The van der Waals surface area contributed by atoms with E-state index in [1.807, 2.05) is 31.2 Å². The average Bonchev–Trinajstić information content (AvgIpc) is 3.09. The van der Waals surface area contributed by atoms with Crippen molar-refractivity contribution in [3.8, 4) is 17.1 Å². The Morgan fingerprint density at radius 1 is 1.17 bits per heavy atom. The van der Waals surface area contributed by atoms with Crippen LogP contribution in [0.3, 0.4) is 0 Å². The molecule has 0 saturated heterocycles. The molecule has 0 aliphatic carbocycles. The van der Waals surface area contributed by atoms with E-state index >= 15 is 0 Å². The molecular weight excluding hydrogens is 308 g/mol. The van der Waals surface area contributed by atoms with E-state index in [1.165, 1.54) is 7.11 Å². The van der Waals surface area contributed by atoms with Gasteiger partial charge < -0.3 is 14.0 Å². The number of methoxy groups -OCH3 is 1. The lowest BCUT2D eigenvalue weighted by atomic mass is 10.1. The molecule has 0 bridgehead atoms. The zero-order valence-corrected chi connectivity index (χ0v) is 13.4. The van der Waals surface area contributed by atoms with Crippen LogP contribution in [0.1, 0.15) is 21.8 Å². The van der Waals surface area contributed by atoms with Crippen LogP contribution in [-0.4, -0.2) is 23.2 Å². The molecule has 0 amide bonds. The summed E-state index contributed by atoms with van der Waals surface area (Å²) in [5.74, 6) is 0.803. The van der Waals surface area contributed by atoms with Gasteiger partial charge in [0.05, 0.1) is 12.7 Å². The molecule has 24 heavy (non-hydrogen) atoms. The fourth-order valence-electron chi connectivity index (χ4n) is 2.09. The first-order valence-electron chi connectivity index (χ1n) is 7.36. The number of aromatic nitrogens is 2. The maximum absolute atomic E-state index is 12.0. The van der Waals surface area contributed by atoms with Gasteiger partial charge in [0.25, 0.3) is 5.89 Å². The first-order chi connectivity index (χ1) is 11.7. The van der Waals surface area contributed by atoms with Crippen LogP contribution in [0, 0.1) is 6.92 Å². The second-order valence-corrected chi connectivity index (χ2v) is 5.19. The van der Waals surface area contributed by atoms with Gasteiger partial charge in [0.2, 0.25) is 5.82 Å². The zero-order valence-electron chi connectivity index (χ0n) is 13.4. The SMILES string of the molecule is COc1cccc(C(=O)OCc2nc(-c3ccc(C)cc3)no2)c1. The summed E-state index contributed by atoms with van der Waals surface area (Å²) >= 11 is 0. The molecule has 122 valence electrons. The Bertz CT molecular complexity index is 840. The number of rotatable bonds is 5. The van der Waals surface area contributed by atoms with Crippen molar-refractivity contribution in [2.45, 2.75) is 13.5 Å². The third kappa shape index (κ3) is 3.60. The highest BCUT2D eigenvalue weighted by Crippen LogP contribution is 2.17. The predicted octanol–water partition coefficient (Wildman–Crippen LogP) is 3.41. The summed E-state index contributed by atoms with van der Waals surface area (Å²) in [7, 11) is 1.54. The van der Waals surface area contributed by atoms with E-state index in [-0.39, 0.29) is 12.5 Å². The van der Waals surface area contributed by atoms with Gasteiger partial charge in [0.1, 0.15) is 5.75 Å². The molecule has 0 radical (unpaired) electrons. The largest absolute Gasteiger partial charge is 0.497 e. The highest BCUT2D eigenvalue weighted by Gasteiger charge is 2.13. The summed E-state index contributed by atoms with van der Waals surface area (Å²) in [6.07, 6.45) is 0. The molecule has 0 fully saturated rings. The van der Waals surface area contributed by atoms with Crippen LogP contribution in [0.15, 0.2) is 53.1 Å². The number of carbonyl (C=O) groups is 1. The second-order valence-electron chi connectivity index (χ2n) is 5.19. The maximum atomic E-state index is 12.0. The maximum Gasteiger partial charge on any atom is 0.338 e. The lowest BCUT2D eigenvalue weighted by molar-refractivity contribution is 0.0429. The molecule has 0 N–H and O–H groups in total. The molecule has 0 aliphatic rings. The molecule has 0 saturated carbocycles. The van der Waals surface area contributed by atoms with Crippen LogP contribution in [-0.2, 0) is 11.3 Å². The molecule has 0 atom stereocenters. The molecule has 6 heteroatoms. The number of carbonyl (C=O) groups excluding carboxylic acids is 1. The van der Waals surface area contributed by atoms with Gasteiger partial charge in [-0.25, -0.2) is 4.79 Å². The van der Waals surface area contributed by atoms with E-state index in [2.05, 4.69) is 10.1 Å². The molecule has 3 rings (SSSR count). The van der Waals surface area contributed by atoms with Crippen molar-refractivity contribution >= 4 is 5.97 Å². The van der Waals surface area contributed by atoms with Gasteiger partial charge in [0, 0.05) is 5.56 Å². The molecule has 1 aromatic heterocycles. The summed E-state index contributed by atoms with van der Waals surface area (Å²) in [6, 6.07) is 14.5. The van der Waals surface area contributed by atoms with E-state index in [4.69, 9.17) is 14.0 Å². The molecule has 6 nitrogen and oxygen atoms in total. The van der Waals surface area contributed by atoms with E-state index in [0.29, 0.717) is 17.1 Å². The number of ether oxygens (including phenoxy) is 2. The molecule has 2 aromatic carbocycles. The van der Waals surface area contributed by atoms with Gasteiger partial charge >= 0.3 is 5.97 Å². The smallest absolute Gasteiger partial charge is 0.338 e. The van der Waals surface area contributed by atoms with Gasteiger partial charge in [-0.1, -0.05) is 41.1 Å². The number of hydrogen-bond donors (Lipinski definition) is 0. The Morgan fingerprint density at radius 3 is 2.71 bits per heavy atom. The lowest BCUT2D eigenvalue weighted by Gasteiger charge is -2.04. The summed E-state index contributed by atoms with van der Waals surface area (Å²) in [6.45, 7) is 1.92. The summed E-state index contributed by atoms with van der Waals surface area (Å²) in [5, 5.41) is 3.90. The Morgan fingerprint density at radius 2 is 1.96 bits per heavy atom. The van der Waals surface area contributed by atoms with Crippen LogP contribution in [0.5, 0.6) is 5.75 Å². The van der Waals surface area contributed by atoms with Crippen LogP contribution < -0.4 is 4.74 Å². The van der Waals surface area contributed by atoms with Gasteiger partial charge in [0.15, 0.2) is 6.61 Å². The summed E-state index contributed by atoms with van der Waals surface area (Å²) in [4.78, 5) is 16.3. The minimum atomic E-state index is -0.482. The highest BCUT2D eigenvalue weighted by molar-refractivity contribution is 5.89. The van der Waals surface area contributed by atoms with E-state index in [0.717, 1.165) is 11.1 Å². The van der Waals surface area contributed by atoms with Crippen molar-refractivity contribution in [2.24, 2.45) is 0 Å². The Balaban J connectivity index is 1.64. The quantitative estimate of drug-likeness (QED) is 0.670. The number of aryl methyl sites for hydroxylation is 1. The van der Waals surface area contributed by atoms with Crippen molar-refractivity contribution in [2.75, 3.05) is 7.11 Å². The minimum absolute atomic E-state index is 0.0884. The van der Waals surface area contributed by atoms with Crippen molar-refractivity contribution in [3.63, 3.8) is 0 Å². The highest BCUT2D eigenvalue weighted by atomic mass is 16.6.